The molecule has 1 aliphatic heterocycles. The zero-order valence-electron chi connectivity index (χ0n) is 12.2. The molecule has 0 aliphatic carbocycles. The summed E-state index contributed by atoms with van der Waals surface area (Å²) in [7, 11) is 2.18. The van der Waals surface area contributed by atoms with Crippen LogP contribution < -0.4 is 5.32 Å². The Hall–Kier alpha value is -1.30. The van der Waals surface area contributed by atoms with Crippen molar-refractivity contribution in [3.8, 4) is 10.6 Å². The number of hydrogen-bond acceptors (Lipinski definition) is 4. The number of aromatic nitrogens is 1. The molecule has 21 heavy (non-hydrogen) atoms. The first-order valence-electron chi connectivity index (χ1n) is 7.30. The molecule has 0 saturated carbocycles. The third-order valence-electron chi connectivity index (χ3n) is 3.87. The molecule has 0 bridgehead atoms. The normalized spacial score (nSPS) is 19.2. The Morgan fingerprint density at radius 2 is 2.19 bits per heavy atom. The van der Waals surface area contributed by atoms with Crippen LogP contribution in [-0.2, 0) is 6.54 Å². The van der Waals surface area contributed by atoms with Gasteiger partial charge in [0.15, 0.2) is 0 Å². The van der Waals surface area contributed by atoms with Gasteiger partial charge in [0.2, 0.25) is 0 Å². The molecule has 0 radical (unpaired) electrons. The standard InChI is InChI=1S/C16H20FN3S/c1-20-7-6-12(10-20)8-18-9-15-11-21-16(19-15)13-2-4-14(17)5-3-13/h2-5,11-12,18H,6-10H2,1H3. The molecule has 2 heterocycles. The van der Waals surface area contributed by atoms with Gasteiger partial charge in [-0.3, -0.25) is 0 Å². The van der Waals surface area contributed by atoms with Crippen LogP contribution in [0, 0.1) is 11.7 Å². The summed E-state index contributed by atoms with van der Waals surface area (Å²) < 4.78 is 12.9. The number of nitrogens with zero attached hydrogens (tertiary/aromatic N) is 2. The average Bonchev–Trinajstić information content (AvgIpc) is 3.09. The van der Waals surface area contributed by atoms with Crippen LogP contribution in [0.4, 0.5) is 4.39 Å². The number of likely N-dealkylation sites (tertiary alicyclic amines) is 1. The van der Waals surface area contributed by atoms with E-state index < -0.39 is 0 Å². The van der Waals surface area contributed by atoms with Gasteiger partial charge in [0.1, 0.15) is 10.8 Å². The van der Waals surface area contributed by atoms with Gasteiger partial charge in [0, 0.05) is 24.0 Å². The highest BCUT2D eigenvalue weighted by atomic mass is 32.1. The summed E-state index contributed by atoms with van der Waals surface area (Å²) >= 11 is 1.61. The number of thiazole rings is 1. The average molecular weight is 305 g/mol. The molecular formula is C16H20FN3S. The summed E-state index contributed by atoms with van der Waals surface area (Å²) in [6.07, 6.45) is 1.28. The lowest BCUT2D eigenvalue weighted by Gasteiger charge is -2.10. The number of rotatable bonds is 5. The molecule has 0 spiro atoms. The van der Waals surface area contributed by atoms with E-state index in [9.17, 15) is 4.39 Å². The molecule has 1 N–H and O–H groups in total. The lowest BCUT2D eigenvalue weighted by molar-refractivity contribution is 0.388. The Kier molecular flexibility index (Phi) is 4.63. The monoisotopic (exact) mass is 305 g/mol. The first-order chi connectivity index (χ1) is 10.2. The van der Waals surface area contributed by atoms with Gasteiger partial charge in [-0.15, -0.1) is 11.3 Å². The molecule has 1 saturated heterocycles. The van der Waals surface area contributed by atoms with E-state index in [1.807, 2.05) is 0 Å². The minimum atomic E-state index is -0.210. The van der Waals surface area contributed by atoms with Crippen molar-refractivity contribution >= 4 is 11.3 Å². The Morgan fingerprint density at radius 3 is 2.90 bits per heavy atom. The zero-order chi connectivity index (χ0) is 14.7. The molecule has 1 unspecified atom stereocenters. The van der Waals surface area contributed by atoms with Crippen molar-refractivity contribution in [1.82, 2.24) is 15.2 Å². The maximum atomic E-state index is 12.9. The Morgan fingerprint density at radius 1 is 1.38 bits per heavy atom. The van der Waals surface area contributed by atoms with E-state index in [0.29, 0.717) is 0 Å². The lowest BCUT2D eigenvalue weighted by Crippen LogP contribution is -2.24. The van der Waals surface area contributed by atoms with Crippen LogP contribution >= 0.6 is 11.3 Å². The van der Waals surface area contributed by atoms with Crippen LogP contribution in [0.25, 0.3) is 10.6 Å². The van der Waals surface area contributed by atoms with Gasteiger partial charge >= 0.3 is 0 Å². The quantitative estimate of drug-likeness (QED) is 0.920. The second-order valence-electron chi connectivity index (χ2n) is 5.70. The molecule has 1 aliphatic rings. The summed E-state index contributed by atoms with van der Waals surface area (Å²) in [6.45, 7) is 4.24. The smallest absolute Gasteiger partial charge is 0.123 e. The van der Waals surface area contributed by atoms with Crippen molar-refractivity contribution in [3.05, 3.63) is 41.2 Å². The van der Waals surface area contributed by atoms with E-state index in [0.717, 1.165) is 35.3 Å². The highest BCUT2D eigenvalue weighted by Gasteiger charge is 2.18. The first-order valence-corrected chi connectivity index (χ1v) is 8.18. The van der Waals surface area contributed by atoms with Gasteiger partial charge in [-0.1, -0.05) is 0 Å². The number of halogens is 1. The van der Waals surface area contributed by atoms with Crippen LogP contribution in [0.3, 0.4) is 0 Å². The molecule has 1 fully saturated rings. The summed E-state index contributed by atoms with van der Waals surface area (Å²) in [4.78, 5) is 6.99. The molecule has 0 amide bonds. The molecule has 3 rings (SSSR count). The maximum absolute atomic E-state index is 12.9. The van der Waals surface area contributed by atoms with Gasteiger partial charge in [-0.05, 0) is 56.7 Å². The number of benzene rings is 1. The number of nitrogens with one attached hydrogen (secondary N) is 1. The van der Waals surface area contributed by atoms with E-state index >= 15 is 0 Å². The van der Waals surface area contributed by atoms with Crippen LogP contribution in [0.1, 0.15) is 12.1 Å². The van der Waals surface area contributed by atoms with Crippen molar-refractivity contribution in [2.45, 2.75) is 13.0 Å². The second kappa shape index (κ2) is 6.64. The predicted octanol–water partition coefficient (Wildman–Crippen LogP) is 2.99. The predicted molar refractivity (Wildman–Crippen MR) is 84.8 cm³/mol. The first kappa shape index (κ1) is 14.6. The van der Waals surface area contributed by atoms with E-state index in [1.165, 1.54) is 31.6 Å². The second-order valence-corrected chi connectivity index (χ2v) is 6.56. The fourth-order valence-corrected chi connectivity index (χ4v) is 3.54. The molecule has 3 nitrogen and oxygen atoms in total. The fraction of sp³-hybridized carbons (Fsp3) is 0.438. The van der Waals surface area contributed by atoms with Crippen LogP contribution in [0.5, 0.6) is 0 Å². The third kappa shape index (κ3) is 3.87. The highest BCUT2D eigenvalue weighted by molar-refractivity contribution is 7.13. The lowest BCUT2D eigenvalue weighted by atomic mass is 10.1. The summed E-state index contributed by atoms with van der Waals surface area (Å²) in [5.41, 5.74) is 2.04. The van der Waals surface area contributed by atoms with Crippen molar-refractivity contribution in [2.24, 2.45) is 5.92 Å². The van der Waals surface area contributed by atoms with Gasteiger partial charge in [0.25, 0.3) is 0 Å². The summed E-state index contributed by atoms with van der Waals surface area (Å²) in [6, 6.07) is 6.51. The molecule has 5 heteroatoms. The van der Waals surface area contributed by atoms with Gasteiger partial charge in [0.05, 0.1) is 5.69 Å². The minimum Gasteiger partial charge on any atom is -0.311 e. The third-order valence-corrected chi connectivity index (χ3v) is 4.81. The molecular weight excluding hydrogens is 285 g/mol. The molecule has 1 aromatic carbocycles. The minimum absolute atomic E-state index is 0.210. The molecule has 1 aromatic heterocycles. The SMILES string of the molecule is CN1CCC(CNCc2csc(-c3ccc(F)cc3)n2)C1. The fourth-order valence-electron chi connectivity index (χ4n) is 2.71. The largest absolute Gasteiger partial charge is 0.311 e. The van der Waals surface area contributed by atoms with Crippen molar-refractivity contribution in [2.75, 3.05) is 26.7 Å². The van der Waals surface area contributed by atoms with Gasteiger partial charge in [-0.25, -0.2) is 9.37 Å². The zero-order valence-corrected chi connectivity index (χ0v) is 13.0. The van der Waals surface area contributed by atoms with E-state index in [-0.39, 0.29) is 5.82 Å². The summed E-state index contributed by atoms with van der Waals surface area (Å²) in [5.74, 6) is 0.545. The maximum Gasteiger partial charge on any atom is 0.123 e. The van der Waals surface area contributed by atoms with E-state index in [4.69, 9.17) is 0 Å². The van der Waals surface area contributed by atoms with Crippen LogP contribution in [0.2, 0.25) is 0 Å². The summed E-state index contributed by atoms with van der Waals surface area (Å²) in [5, 5.41) is 6.52. The number of hydrogen-bond donors (Lipinski definition) is 1. The van der Waals surface area contributed by atoms with Gasteiger partial charge in [-0.2, -0.15) is 0 Å². The van der Waals surface area contributed by atoms with Crippen molar-refractivity contribution in [3.63, 3.8) is 0 Å². The van der Waals surface area contributed by atoms with E-state index in [1.54, 1.807) is 23.5 Å². The molecule has 112 valence electrons. The molecule has 1 atom stereocenters. The van der Waals surface area contributed by atoms with Gasteiger partial charge < -0.3 is 10.2 Å². The Balaban J connectivity index is 1.52. The van der Waals surface area contributed by atoms with Crippen LogP contribution in [-0.4, -0.2) is 36.6 Å². The molecule has 2 aromatic rings. The Labute approximate surface area is 128 Å². The topological polar surface area (TPSA) is 28.2 Å². The highest BCUT2D eigenvalue weighted by Crippen LogP contribution is 2.23. The van der Waals surface area contributed by atoms with Crippen molar-refractivity contribution < 1.29 is 4.39 Å². The Bertz CT molecular complexity index is 581. The van der Waals surface area contributed by atoms with E-state index in [2.05, 4.69) is 27.6 Å². The van der Waals surface area contributed by atoms with Crippen molar-refractivity contribution in [1.29, 1.82) is 0 Å². The van der Waals surface area contributed by atoms with Crippen LogP contribution in [0.15, 0.2) is 29.6 Å².